The number of halogens is 2. The molecule has 0 atom stereocenters. The molecule has 4 heterocycles. The number of nitrogens with zero attached hydrogens (tertiary/aromatic N) is 5. The largest absolute Gasteiger partial charge is 2.00 e. The number of hydrogen-bond acceptors (Lipinski definition) is 2. The fourth-order valence-electron chi connectivity index (χ4n) is 12.3. The second-order valence-corrected chi connectivity index (χ2v) is 25.3. The number of fused-ring (bicyclic) bond motifs is 7. The van der Waals surface area contributed by atoms with Gasteiger partial charge in [-0.3, -0.25) is 4.57 Å². The summed E-state index contributed by atoms with van der Waals surface area (Å²) < 4.78 is 39.6. The molecule has 8 heteroatoms. The summed E-state index contributed by atoms with van der Waals surface area (Å²) in [6, 6.07) is 67.0. The van der Waals surface area contributed by atoms with E-state index in [0.717, 1.165) is 83.2 Å². The fourth-order valence-corrected chi connectivity index (χ4v) is 12.3. The van der Waals surface area contributed by atoms with E-state index in [-0.39, 0.29) is 43.0 Å². The van der Waals surface area contributed by atoms with E-state index < -0.39 is 5.92 Å². The first kappa shape index (κ1) is 56.2. The summed E-state index contributed by atoms with van der Waals surface area (Å²) in [5, 5.41) is 3.57. The number of hydrogen-bond donors (Lipinski definition) is 0. The van der Waals surface area contributed by atoms with Gasteiger partial charge < -0.3 is 9.55 Å². The number of benzene rings is 9. The third kappa shape index (κ3) is 9.68. The van der Waals surface area contributed by atoms with Crippen LogP contribution < -0.4 is 4.98 Å². The van der Waals surface area contributed by atoms with Crippen molar-refractivity contribution in [2.45, 2.75) is 105 Å². The van der Waals surface area contributed by atoms with E-state index in [1.165, 1.54) is 34.4 Å². The first-order valence-electron chi connectivity index (χ1n) is 29.0. The zero-order valence-corrected chi connectivity index (χ0v) is 51.7. The van der Waals surface area contributed by atoms with Crippen LogP contribution in [0.1, 0.15) is 120 Å². The molecule has 0 aliphatic rings. The molecule has 84 heavy (non-hydrogen) atoms. The van der Waals surface area contributed by atoms with Gasteiger partial charge in [-0.05, 0) is 156 Å². The Kier molecular flexibility index (Phi) is 14.1. The van der Waals surface area contributed by atoms with Crippen molar-refractivity contribution in [3.05, 3.63) is 239 Å². The average Bonchev–Trinajstić information content (AvgIpc) is 2.35. The van der Waals surface area contributed by atoms with E-state index in [0.29, 0.717) is 45.2 Å². The van der Waals surface area contributed by atoms with Gasteiger partial charge in [-0.1, -0.05) is 202 Å². The van der Waals surface area contributed by atoms with Gasteiger partial charge in [-0.25, -0.2) is 9.97 Å². The van der Waals surface area contributed by atoms with Crippen LogP contribution in [0, 0.1) is 13.0 Å². The van der Waals surface area contributed by atoms with Crippen molar-refractivity contribution in [1.29, 1.82) is 0 Å². The molecule has 4 aromatic heterocycles. The summed E-state index contributed by atoms with van der Waals surface area (Å²) in [6.45, 7) is 24.5. The summed E-state index contributed by atoms with van der Waals surface area (Å²) in [5.74, 6) is -1.41. The molecule has 0 aliphatic carbocycles. The van der Waals surface area contributed by atoms with Crippen LogP contribution in [0.2, 0.25) is 0 Å². The molecule has 0 saturated heterocycles. The zero-order chi connectivity index (χ0) is 57.9. The van der Waals surface area contributed by atoms with Crippen molar-refractivity contribution in [1.82, 2.24) is 24.1 Å². The van der Waals surface area contributed by atoms with Gasteiger partial charge in [-0.2, -0.15) is 8.78 Å². The van der Waals surface area contributed by atoms with Crippen molar-refractivity contribution in [2.75, 3.05) is 0 Å². The molecule has 0 fully saturated rings. The molecule has 0 amide bonds. The molecule has 0 bridgehead atoms. The van der Waals surface area contributed by atoms with Crippen molar-refractivity contribution >= 4 is 54.6 Å². The molecule has 0 unspecified atom stereocenters. The minimum Gasteiger partial charge on any atom is -0.656 e. The number of imidazole rings is 1. The SMILES string of the molecule is Cc1ccnc(-n2c3[c-]c(-c4cc(C(C)(C)C)cc5c4nc(-c4cc(C(F)(F)c6ccccc6)cc6c4[n-]c4ccc(-c7ccccc7)cc46)n5-c4cccc(C(C)(C)C)c4)ccc3c3ccc(-c4c(C(C)C)cccc4C(C)C)cc32)c1.[Pt+2]. The van der Waals surface area contributed by atoms with Crippen LogP contribution in [0.25, 0.3) is 111 Å². The van der Waals surface area contributed by atoms with Gasteiger partial charge in [0.15, 0.2) is 0 Å². The minimum atomic E-state index is -3.37. The number of rotatable bonds is 10. The Labute approximate surface area is 505 Å². The Morgan fingerprint density at radius 2 is 1.17 bits per heavy atom. The van der Waals surface area contributed by atoms with Crippen LogP contribution in [0.3, 0.4) is 0 Å². The normalized spacial score (nSPS) is 12.5. The van der Waals surface area contributed by atoms with Crippen LogP contribution in [0.5, 0.6) is 0 Å². The van der Waals surface area contributed by atoms with Crippen molar-refractivity contribution in [2.24, 2.45) is 0 Å². The summed E-state index contributed by atoms with van der Waals surface area (Å²) in [4.78, 5) is 16.2. The van der Waals surface area contributed by atoms with E-state index in [1.54, 1.807) is 30.3 Å². The van der Waals surface area contributed by atoms with Gasteiger partial charge >= 0.3 is 21.1 Å². The molecule has 9 aromatic carbocycles. The second kappa shape index (κ2) is 21.1. The van der Waals surface area contributed by atoms with Gasteiger partial charge in [0.1, 0.15) is 11.6 Å². The van der Waals surface area contributed by atoms with E-state index in [4.69, 9.17) is 15.0 Å². The van der Waals surface area contributed by atoms with Gasteiger partial charge in [0.05, 0.1) is 11.0 Å². The Balaban J connectivity index is 0.00000694. The minimum absolute atomic E-state index is 0. The van der Waals surface area contributed by atoms with Crippen molar-refractivity contribution in [3.8, 4) is 56.3 Å². The van der Waals surface area contributed by atoms with Gasteiger partial charge in [0, 0.05) is 34.1 Å². The van der Waals surface area contributed by atoms with Crippen LogP contribution in [-0.2, 0) is 37.8 Å². The molecule has 0 radical (unpaired) electrons. The van der Waals surface area contributed by atoms with Crippen LogP contribution in [0.4, 0.5) is 8.78 Å². The van der Waals surface area contributed by atoms with Gasteiger partial charge in [0.2, 0.25) is 0 Å². The number of aryl methyl sites for hydroxylation is 1. The van der Waals surface area contributed by atoms with Crippen molar-refractivity contribution < 1.29 is 29.8 Å². The quantitative estimate of drug-likeness (QED) is 0.128. The number of pyridine rings is 1. The molecule has 0 saturated carbocycles. The Morgan fingerprint density at radius 1 is 0.512 bits per heavy atom. The predicted molar refractivity (Wildman–Crippen MR) is 342 cm³/mol. The Morgan fingerprint density at radius 3 is 1.86 bits per heavy atom. The van der Waals surface area contributed by atoms with Crippen LogP contribution in [-0.4, -0.2) is 19.1 Å². The summed E-state index contributed by atoms with van der Waals surface area (Å²) in [7, 11) is 0. The number of aromatic nitrogens is 5. The predicted octanol–water partition coefficient (Wildman–Crippen LogP) is 20.5. The molecule has 0 N–H and O–H groups in total. The van der Waals surface area contributed by atoms with Gasteiger partial charge in [-0.15, -0.1) is 34.8 Å². The zero-order valence-electron chi connectivity index (χ0n) is 49.4. The van der Waals surface area contributed by atoms with Gasteiger partial charge in [0.25, 0.3) is 5.92 Å². The van der Waals surface area contributed by atoms with E-state index >= 15 is 8.78 Å². The summed E-state index contributed by atoms with van der Waals surface area (Å²) in [6.07, 6.45) is 1.88. The summed E-state index contributed by atoms with van der Waals surface area (Å²) >= 11 is 0. The molecule has 13 rings (SSSR count). The third-order valence-corrected chi connectivity index (χ3v) is 16.8. The smallest absolute Gasteiger partial charge is 0.656 e. The molecule has 0 aliphatic heterocycles. The molecule has 420 valence electrons. The molecule has 5 nitrogen and oxygen atoms in total. The van der Waals surface area contributed by atoms with Crippen molar-refractivity contribution in [3.63, 3.8) is 0 Å². The molecular weight excluding hydrogens is 1220 g/mol. The Bertz CT molecular complexity index is 4660. The molecule has 13 aromatic rings. The first-order chi connectivity index (χ1) is 39.7. The maximum atomic E-state index is 17.6. The van der Waals surface area contributed by atoms with Crippen LogP contribution >= 0.6 is 0 Å². The topological polar surface area (TPSA) is 49.7 Å². The fraction of sp³-hybridized carbons (Fsp3) is 0.211. The maximum Gasteiger partial charge on any atom is 2.00 e. The first-order valence-corrected chi connectivity index (χ1v) is 29.0. The van der Waals surface area contributed by atoms with E-state index in [9.17, 15) is 0 Å². The van der Waals surface area contributed by atoms with E-state index in [2.05, 4.69) is 207 Å². The monoisotopic (exact) mass is 1280 g/mol. The maximum absolute atomic E-state index is 17.6. The standard InChI is InChI=1S/C76H67F2N5.Pt/c1-45(2)57-26-19-27-58(46(3)4)70(57)51-29-32-60-59-31-28-50(38-66(59)83(67(60)39-51)69-36-47(5)34-35-79-69)61-41-54(75(9,10)11)44-68-72(61)81-73(82(68)56-25-18-24-53(40-56)74(6,7)8)64-43-55(76(77,78)52-22-16-13-17-23-52)42-63-62-37-49(48-20-14-12-15-21-48)30-33-65(62)80-71(63)64;/h12-37,39-46H,1-11H3;/q-2;+2. The summed E-state index contributed by atoms with van der Waals surface area (Å²) in [5.41, 5.74) is 17.5. The van der Waals surface area contributed by atoms with E-state index in [1.807, 2.05) is 36.5 Å². The molecular formula is C76H67F2N5Pt. The number of alkyl halides is 2. The average molecular weight is 1280 g/mol. The Hall–Kier alpha value is -8.25. The van der Waals surface area contributed by atoms with Crippen LogP contribution in [0.15, 0.2) is 194 Å². The second-order valence-electron chi connectivity index (χ2n) is 25.3. The molecule has 0 spiro atoms. The third-order valence-electron chi connectivity index (χ3n) is 16.8.